The molecular weight excluding hydrogens is 757 g/mol. The fraction of sp³-hybridized carbons (Fsp3) is 0.208. The summed E-state index contributed by atoms with van der Waals surface area (Å²) in [6.07, 6.45) is 6.84. The van der Waals surface area contributed by atoms with Crippen LogP contribution in [0, 0.1) is 27.7 Å². The normalized spacial score (nSPS) is 11.0. The average Bonchev–Trinajstić information content (AvgIpc) is 3.72. The van der Waals surface area contributed by atoms with Gasteiger partial charge in [-0.15, -0.1) is 0 Å². The minimum absolute atomic E-state index is 0.214. The molecule has 0 spiro atoms. The van der Waals surface area contributed by atoms with Crippen LogP contribution in [0.4, 0.5) is 0 Å². The third-order valence-electron chi connectivity index (χ3n) is 10.2. The number of aryl methyl sites for hydroxylation is 4. The topological polar surface area (TPSA) is 143 Å². The number of aromatic nitrogens is 6. The van der Waals surface area contributed by atoms with Gasteiger partial charge in [0.2, 0.25) is 11.8 Å². The maximum absolute atomic E-state index is 13.3. The fourth-order valence-electron chi connectivity index (χ4n) is 7.70. The van der Waals surface area contributed by atoms with Gasteiger partial charge in [-0.2, -0.15) is 0 Å². The van der Waals surface area contributed by atoms with Crippen LogP contribution in [0.2, 0.25) is 0 Å². The number of pyridine rings is 4. The number of aromatic carboxylic acids is 1. The number of nitrogens with zero attached hydrogens (tertiary/aromatic N) is 6. The van der Waals surface area contributed by atoms with Crippen molar-refractivity contribution in [1.29, 1.82) is 0 Å². The van der Waals surface area contributed by atoms with Crippen LogP contribution in [-0.4, -0.2) is 66.9 Å². The Balaban J connectivity index is 0.000000182. The van der Waals surface area contributed by atoms with Crippen molar-refractivity contribution >= 4 is 33.7 Å². The molecule has 0 radical (unpaired) electrons. The highest BCUT2D eigenvalue weighted by molar-refractivity contribution is 6.10. The van der Waals surface area contributed by atoms with Crippen LogP contribution in [0.5, 0.6) is 11.8 Å². The van der Waals surface area contributed by atoms with Gasteiger partial charge in [0.25, 0.3) is 0 Å². The van der Waals surface area contributed by atoms with Gasteiger partial charge in [-0.1, -0.05) is 23.3 Å². The van der Waals surface area contributed by atoms with E-state index >= 15 is 0 Å². The number of ether oxygens (including phenoxy) is 3. The molecule has 2 aromatic carbocycles. The van der Waals surface area contributed by atoms with Crippen molar-refractivity contribution in [3.63, 3.8) is 0 Å². The van der Waals surface area contributed by atoms with E-state index < -0.39 is 5.97 Å². The average molecular weight is 803 g/mol. The maximum atomic E-state index is 13.3. The molecule has 0 saturated carbocycles. The summed E-state index contributed by atoms with van der Waals surface area (Å²) in [5.74, 6) is -0.503. The van der Waals surface area contributed by atoms with Crippen LogP contribution in [0.25, 0.3) is 44.1 Å². The largest absolute Gasteiger partial charge is 0.481 e. The minimum atomic E-state index is -0.995. The number of hydrogen-bond acceptors (Lipinski definition) is 9. The smallest absolute Gasteiger partial charge is 0.355 e. The first-order valence-corrected chi connectivity index (χ1v) is 19.5. The van der Waals surface area contributed by atoms with Crippen molar-refractivity contribution in [2.45, 2.75) is 47.7 Å². The highest BCUT2D eigenvalue weighted by atomic mass is 16.5. The molecule has 0 bridgehead atoms. The number of fused-ring (bicyclic) bond motifs is 2. The van der Waals surface area contributed by atoms with Gasteiger partial charge < -0.3 is 28.5 Å². The molecule has 6 heterocycles. The van der Waals surface area contributed by atoms with Gasteiger partial charge in [0.05, 0.1) is 20.8 Å². The SMILES string of the molecule is CCOC(=O)c1c(-c2cccnc2OC)c2cc(C)ccc2n1Cc1ccnc(C)c1.COc1ncccc1-c1c(C(=O)O)n(Cc2ccnc(C)c2)c2ccc(C)cc12. The summed E-state index contributed by atoms with van der Waals surface area (Å²) in [6.45, 7) is 10.9. The Bertz CT molecular complexity index is 2880. The van der Waals surface area contributed by atoms with Crippen LogP contribution in [0.1, 0.15) is 61.5 Å². The lowest BCUT2D eigenvalue weighted by molar-refractivity contribution is 0.0515. The van der Waals surface area contributed by atoms with E-state index in [2.05, 4.69) is 32.1 Å². The van der Waals surface area contributed by atoms with Crippen molar-refractivity contribution in [2.75, 3.05) is 20.8 Å². The highest BCUT2D eigenvalue weighted by Gasteiger charge is 2.28. The Labute approximate surface area is 348 Å². The zero-order valence-corrected chi connectivity index (χ0v) is 34.7. The molecule has 0 amide bonds. The first kappa shape index (κ1) is 40.8. The Hall–Kier alpha value is -7.34. The summed E-state index contributed by atoms with van der Waals surface area (Å²) in [5, 5.41) is 12.0. The van der Waals surface area contributed by atoms with E-state index in [1.165, 1.54) is 7.11 Å². The molecule has 1 N–H and O–H groups in total. The quantitative estimate of drug-likeness (QED) is 0.126. The number of hydrogen-bond donors (Lipinski definition) is 1. The van der Waals surface area contributed by atoms with Crippen molar-refractivity contribution in [2.24, 2.45) is 0 Å². The minimum Gasteiger partial charge on any atom is -0.481 e. The number of carboxylic acids is 1. The molecule has 6 aromatic heterocycles. The monoisotopic (exact) mass is 802 g/mol. The molecule has 0 fully saturated rings. The van der Waals surface area contributed by atoms with Crippen LogP contribution < -0.4 is 9.47 Å². The standard InChI is InChI=1S/C25H25N3O3.C23H21N3O3/c1-5-31-25(29)23-22(19-7-6-11-27-24(19)30-4)20-13-16(2)8-9-21(20)28(23)15-18-10-12-26-17(3)14-18;1-14-6-7-19-18(11-14)20(17-5-4-9-25-22(17)29-3)21(23(27)28)26(19)13-16-8-10-24-15(2)12-16/h6-14H,5,15H2,1-4H3;4-12H,13H2,1-3H3,(H,27,28). The predicted octanol–water partition coefficient (Wildman–Crippen LogP) is 9.42. The number of benzene rings is 2. The predicted molar refractivity (Wildman–Crippen MR) is 232 cm³/mol. The summed E-state index contributed by atoms with van der Waals surface area (Å²) >= 11 is 0. The first-order valence-electron chi connectivity index (χ1n) is 19.5. The number of carboxylic acid groups (broad SMARTS) is 1. The summed E-state index contributed by atoms with van der Waals surface area (Å²) in [4.78, 5) is 42.9. The Morgan fingerprint density at radius 2 is 1.07 bits per heavy atom. The molecule has 0 aliphatic rings. The van der Waals surface area contributed by atoms with Crippen molar-refractivity contribution in [3.05, 3.63) is 155 Å². The van der Waals surface area contributed by atoms with Gasteiger partial charge >= 0.3 is 11.9 Å². The molecule has 0 saturated heterocycles. The third-order valence-corrected chi connectivity index (χ3v) is 10.2. The molecule has 0 aliphatic heterocycles. The van der Waals surface area contributed by atoms with Gasteiger partial charge in [0.1, 0.15) is 11.4 Å². The van der Waals surface area contributed by atoms with Gasteiger partial charge in [-0.25, -0.2) is 19.6 Å². The summed E-state index contributed by atoms with van der Waals surface area (Å²) in [6, 6.07) is 27.4. The lowest BCUT2D eigenvalue weighted by Crippen LogP contribution is -2.14. The van der Waals surface area contributed by atoms with Crippen LogP contribution in [0.15, 0.2) is 110 Å². The van der Waals surface area contributed by atoms with Crippen LogP contribution >= 0.6 is 0 Å². The number of carbonyl (C=O) groups excluding carboxylic acids is 1. The van der Waals surface area contributed by atoms with E-state index in [9.17, 15) is 14.7 Å². The lowest BCUT2D eigenvalue weighted by atomic mass is 10.0. The van der Waals surface area contributed by atoms with Crippen molar-refractivity contribution in [1.82, 2.24) is 29.1 Å². The van der Waals surface area contributed by atoms with Gasteiger partial charge in [-0.05, 0) is 119 Å². The number of carbonyl (C=O) groups is 2. The van der Waals surface area contributed by atoms with Gasteiger partial charge in [-0.3, -0.25) is 9.97 Å². The Morgan fingerprint density at radius 1 is 0.600 bits per heavy atom. The van der Waals surface area contributed by atoms with E-state index in [-0.39, 0.29) is 18.3 Å². The van der Waals surface area contributed by atoms with Crippen LogP contribution in [0.3, 0.4) is 0 Å². The molecule has 8 rings (SSSR count). The second-order valence-electron chi connectivity index (χ2n) is 14.4. The molecule has 12 heteroatoms. The Morgan fingerprint density at radius 3 is 1.50 bits per heavy atom. The van der Waals surface area contributed by atoms with E-state index in [1.54, 1.807) is 38.0 Å². The zero-order chi connectivity index (χ0) is 42.5. The zero-order valence-electron chi connectivity index (χ0n) is 34.7. The number of methoxy groups -OCH3 is 2. The summed E-state index contributed by atoms with van der Waals surface area (Å²) in [5.41, 5.74) is 11.3. The Kier molecular flexibility index (Phi) is 12.0. The second kappa shape index (κ2) is 17.7. The molecule has 304 valence electrons. The molecule has 0 atom stereocenters. The molecule has 0 unspecified atom stereocenters. The van der Waals surface area contributed by atoms with Crippen LogP contribution in [-0.2, 0) is 17.8 Å². The van der Waals surface area contributed by atoms with E-state index in [1.807, 2.05) is 110 Å². The van der Waals surface area contributed by atoms with Gasteiger partial charge in [0.15, 0.2) is 0 Å². The first-order chi connectivity index (χ1) is 29.0. The number of rotatable bonds is 11. The fourth-order valence-corrected chi connectivity index (χ4v) is 7.70. The van der Waals surface area contributed by atoms with Crippen molar-refractivity contribution < 1.29 is 28.9 Å². The van der Waals surface area contributed by atoms with E-state index in [0.717, 1.165) is 66.6 Å². The third kappa shape index (κ3) is 8.17. The van der Waals surface area contributed by atoms with Gasteiger partial charge in [0, 0.05) is 93.3 Å². The molecule has 0 aliphatic carbocycles. The number of esters is 1. The molecular formula is C48H46N6O6. The molecule has 12 nitrogen and oxygen atoms in total. The summed E-state index contributed by atoms with van der Waals surface area (Å²) < 4.78 is 20.3. The molecule has 8 aromatic rings. The second-order valence-corrected chi connectivity index (χ2v) is 14.4. The molecule has 60 heavy (non-hydrogen) atoms. The van der Waals surface area contributed by atoms with E-state index in [4.69, 9.17) is 14.2 Å². The van der Waals surface area contributed by atoms with E-state index in [0.29, 0.717) is 41.7 Å². The maximum Gasteiger partial charge on any atom is 0.355 e. The lowest BCUT2D eigenvalue weighted by Gasteiger charge is -2.13. The highest BCUT2D eigenvalue weighted by Crippen LogP contribution is 2.41. The van der Waals surface area contributed by atoms with Crippen molar-refractivity contribution in [3.8, 4) is 34.0 Å². The summed E-state index contributed by atoms with van der Waals surface area (Å²) in [7, 11) is 3.12.